The van der Waals surface area contributed by atoms with Crippen molar-refractivity contribution in [2.24, 2.45) is 5.73 Å². The number of primary amides is 1. The SMILES string of the molecule is C[C@H](Sc1nnc(C2CC2)n1Cc1ccccc1)C(N)=O. The van der Waals surface area contributed by atoms with Crippen LogP contribution in [0.15, 0.2) is 35.5 Å². The predicted molar refractivity (Wildman–Crippen MR) is 82.1 cm³/mol. The quantitative estimate of drug-likeness (QED) is 0.830. The highest BCUT2D eigenvalue weighted by atomic mass is 32.2. The van der Waals surface area contributed by atoms with Gasteiger partial charge >= 0.3 is 0 Å². The normalized spacial score (nSPS) is 15.9. The fourth-order valence-electron chi connectivity index (χ4n) is 2.16. The number of hydrogen-bond acceptors (Lipinski definition) is 4. The highest BCUT2D eigenvalue weighted by Crippen LogP contribution is 2.40. The molecule has 0 aliphatic heterocycles. The minimum Gasteiger partial charge on any atom is -0.369 e. The summed E-state index contributed by atoms with van der Waals surface area (Å²) in [6.45, 7) is 2.53. The van der Waals surface area contributed by atoms with E-state index in [1.165, 1.54) is 30.2 Å². The van der Waals surface area contributed by atoms with Crippen molar-refractivity contribution in [2.45, 2.75) is 42.6 Å². The Hall–Kier alpha value is -1.82. The van der Waals surface area contributed by atoms with Crippen molar-refractivity contribution >= 4 is 17.7 Å². The van der Waals surface area contributed by atoms with Gasteiger partial charge in [-0.25, -0.2) is 0 Å². The first kappa shape index (κ1) is 14.1. The third kappa shape index (κ3) is 3.26. The summed E-state index contributed by atoms with van der Waals surface area (Å²) in [4.78, 5) is 11.3. The summed E-state index contributed by atoms with van der Waals surface area (Å²) in [5.74, 6) is 1.21. The topological polar surface area (TPSA) is 73.8 Å². The van der Waals surface area contributed by atoms with E-state index in [1.54, 1.807) is 6.92 Å². The Kier molecular flexibility index (Phi) is 3.96. The van der Waals surface area contributed by atoms with E-state index < -0.39 is 0 Å². The van der Waals surface area contributed by atoms with Gasteiger partial charge in [-0.05, 0) is 25.3 Å². The summed E-state index contributed by atoms with van der Waals surface area (Å²) in [5, 5.41) is 9.05. The van der Waals surface area contributed by atoms with Crippen LogP contribution in [0, 0.1) is 0 Å². The van der Waals surface area contributed by atoms with Crippen LogP contribution < -0.4 is 5.73 Å². The van der Waals surface area contributed by atoms with E-state index in [-0.39, 0.29) is 11.2 Å². The fraction of sp³-hybridized carbons (Fsp3) is 0.400. The molecule has 1 fully saturated rings. The van der Waals surface area contributed by atoms with Gasteiger partial charge < -0.3 is 10.3 Å². The van der Waals surface area contributed by atoms with E-state index in [0.717, 1.165) is 17.5 Å². The first-order valence-electron chi connectivity index (χ1n) is 7.08. The third-order valence-corrected chi connectivity index (χ3v) is 4.65. The summed E-state index contributed by atoms with van der Waals surface area (Å²) in [6.07, 6.45) is 2.34. The van der Waals surface area contributed by atoms with Gasteiger partial charge in [0.15, 0.2) is 5.16 Å². The molecular formula is C15H18N4OS. The average Bonchev–Trinajstić information content (AvgIpc) is 3.25. The van der Waals surface area contributed by atoms with Crippen molar-refractivity contribution in [3.05, 3.63) is 41.7 Å². The van der Waals surface area contributed by atoms with E-state index in [1.807, 2.05) is 18.2 Å². The lowest BCUT2D eigenvalue weighted by Gasteiger charge is -2.11. The molecule has 1 aliphatic carbocycles. The van der Waals surface area contributed by atoms with Crippen LogP contribution in [-0.2, 0) is 11.3 Å². The molecule has 1 amide bonds. The standard InChI is InChI=1S/C15H18N4OS/c1-10(13(16)20)21-15-18-17-14(12-7-8-12)19(15)9-11-5-3-2-4-6-11/h2-6,10,12H,7-9H2,1H3,(H2,16,20)/t10-/m0/s1. The van der Waals surface area contributed by atoms with Gasteiger partial charge in [0.05, 0.1) is 11.8 Å². The second-order valence-corrected chi connectivity index (χ2v) is 6.66. The summed E-state index contributed by atoms with van der Waals surface area (Å²) in [6, 6.07) is 10.2. The van der Waals surface area contributed by atoms with Crippen molar-refractivity contribution < 1.29 is 4.79 Å². The van der Waals surface area contributed by atoms with Crippen LogP contribution in [0.4, 0.5) is 0 Å². The summed E-state index contributed by atoms with van der Waals surface area (Å²) >= 11 is 1.38. The van der Waals surface area contributed by atoms with Crippen LogP contribution in [0.2, 0.25) is 0 Å². The molecule has 2 aromatic rings. The van der Waals surface area contributed by atoms with Gasteiger partial charge in [-0.2, -0.15) is 0 Å². The number of thioether (sulfide) groups is 1. The largest absolute Gasteiger partial charge is 0.369 e. The third-order valence-electron chi connectivity index (χ3n) is 3.55. The van der Waals surface area contributed by atoms with Crippen LogP contribution >= 0.6 is 11.8 Å². The minimum atomic E-state index is -0.331. The zero-order valence-corrected chi connectivity index (χ0v) is 12.7. The average molecular weight is 302 g/mol. The van der Waals surface area contributed by atoms with Crippen LogP contribution in [0.1, 0.15) is 37.1 Å². The number of hydrogen-bond donors (Lipinski definition) is 1. The molecule has 110 valence electrons. The number of carbonyl (C=O) groups excluding carboxylic acids is 1. The Bertz CT molecular complexity index is 636. The smallest absolute Gasteiger partial charge is 0.230 e. The highest BCUT2D eigenvalue weighted by Gasteiger charge is 2.31. The molecule has 1 saturated carbocycles. The summed E-state index contributed by atoms with van der Waals surface area (Å²) in [7, 11) is 0. The number of amides is 1. The molecule has 6 heteroatoms. The van der Waals surface area contributed by atoms with Gasteiger partial charge in [-0.3, -0.25) is 4.79 Å². The molecule has 0 bridgehead atoms. The molecular weight excluding hydrogens is 284 g/mol. The first-order valence-corrected chi connectivity index (χ1v) is 7.96. The van der Waals surface area contributed by atoms with Crippen LogP contribution in [0.5, 0.6) is 0 Å². The van der Waals surface area contributed by atoms with Crippen molar-refractivity contribution in [2.75, 3.05) is 0 Å². The molecule has 1 aromatic heterocycles. The lowest BCUT2D eigenvalue weighted by Crippen LogP contribution is -2.23. The molecule has 0 spiro atoms. The van der Waals surface area contributed by atoms with Gasteiger partial charge in [0.2, 0.25) is 5.91 Å². The number of aromatic nitrogens is 3. The Morgan fingerprint density at radius 1 is 1.38 bits per heavy atom. The Labute approximate surface area is 127 Å². The van der Waals surface area contributed by atoms with Gasteiger partial charge in [0, 0.05) is 5.92 Å². The second kappa shape index (κ2) is 5.89. The number of nitrogens with two attached hydrogens (primary N) is 1. The van der Waals surface area contributed by atoms with Crippen molar-refractivity contribution in [3.8, 4) is 0 Å². The van der Waals surface area contributed by atoms with Gasteiger partial charge in [0.25, 0.3) is 0 Å². The molecule has 0 radical (unpaired) electrons. The maximum atomic E-state index is 11.3. The van der Waals surface area contributed by atoms with Crippen LogP contribution in [0.25, 0.3) is 0 Å². The molecule has 1 aromatic carbocycles. The summed E-state index contributed by atoms with van der Waals surface area (Å²) in [5.41, 5.74) is 6.55. The van der Waals surface area contributed by atoms with Gasteiger partial charge in [-0.15, -0.1) is 10.2 Å². The predicted octanol–water partition coefficient (Wildman–Crippen LogP) is 2.17. The van der Waals surface area contributed by atoms with Crippen LogP contribution in [-0.4, -0.2) is 25.9 Å². The van der Waals surface area contributed by atoms with E-state index in [9.17, 15) is 4.79 Å². The summed E-state index contributed by atoms with van der Waals surface area (Å²) < 4.78 is 2.12. The fourth-order valence-corrected chi connectivity index (χ4v) is 2.97. The van der Waals surface area contributed by atoms with E-state index in [2.05, 4.69) is 26.9 Å². The number of carbonyl (C=O) groups is 1. The van der Waals surface area contributed by atoms with Gasteiger partial charge in [-0.1, -0.05) is 42.1 Å². The van der Waals surface area contributed by atoms with E-state index in [4.69, 9.17) is 5.73 Å². The first-order chi connectivity index (χ1) is 10.1. The number of benzene rings is 1. The zero-order chi connectivity index (χ0) is 14.8. The molecule has 0 saturated heterocycles. The maximum Gasteiger partial charge on any atom is 0.230 e. The zero-order valence-electron chi connectivity index (χ0n) is 11.9. The van der Waals surface area contributed by atoms with Crippen molar-refractivity contribution in [3.63, 3.8) is 0 Å². The van der Waals surface area contributed by atoms with E-state index >= 15 is 0 Å². The molecule has 1 atom stereocenters. The Morgan fingerprint density at radius 3 is 2.71 bits per heavy atom. The van der Waals surface area contributed by atoms with Crippen molar-refractivity contribution in [1.82, 2.24) is 14.8 Å². The monoisotopic (exact) mass is 302 g/mol. The number of rotatable bonds is 6. The van der Waals surface area contributed by atoms with Crippen LogP contribution in [0.3, 0.4) is 0 Å². The lowest BCUT2D eigenvalue weighted by molar-refractivity contribution is -0.117. The molecule has 0 unspecified atom stereocenters. The minimum absolute atomic E-state index is 0.309. The highest BCUT2D eigenvalue weighted by molar-refractivity contribution is 8.00. The van der Waals surface area contributed by atoms with Crippen molar-refractivity contribution in [1.29, 1.82) is 0 Å². The maximum absolute atomic E-state index is 11.3. The molecule has 21 heavy (non-hydrogen) atoms. The molecule has 2 N–H and O–H groups in total. The second-order valence-electron chi connectivity index (χ2n) is 5.35. The Balaban J connectivity index is 1.88. The van der Waals surface area contributed by atoms with Gasteiger partial charge in [0.1, 0.15) is 5.82 Å². The molecule has 3 rings (SSSR count). The Morgan fingerprint density at radius 2 is 2.10 bits per heavy atom. The molecule has 1 heterocycles. The number of nitrogens with zero attached hydrogens (tertiary/aromatic N) is 3. The molecule has 5 nitrogen and oxygen atoms in total. The molecule has 1 aliphatic rings. The lowest BCUT2D eigenvalue weighted by atomic mass is 10.2. The van der Waals surface area contributed by atoms with E-state index in [0.29, 0.717) is 5.92 Å².